The van der Waals surface area contributed by atoms with Gasteiger partial charge in [-0.3, -0.25) is 9.59 Å². The first-order chi connectivity index (χ1) is 12.7. The second-order valence-electron chi connectivity index (χ2n) is 6.97. The summed E-state index contributed by atoms with van der Waals surface area (Å²) >= 11 is 1.60. The van der Waals surface area contributed by atoms with Gasteiger partial charge in [-0.25, -0.2) is 9.97 Å². The Balaban J connectivity index is 1.33. The molecule has 0 radical (unpaired) electrons. The monoisotopic (exact) mass is 373 g/mol. The summed E-state index contributed by atoms with van der Waals surface area (Å²) in [5.74, 6) is 1.63. The van der Waals surface area contributed by atoms with Gasteiger partial charge in [-0.1, -0.05) is 0 Å². The summed E-state index contributed by atoms with van der Waals surface area (Å²) in [6, 6.07) is 0. The summed E-state index contributed by atoms with van der Waals surface area (Å²) in [7, 11) is 0. The molecule has 2 aliphatic rings. The van der Waals surface area contributed by atoms with Crippen LogP contribution in [0.1, 0.15) is 43.1 Å². The van der Waals surface area contributed by atoms with Crippen LogP contribution in [0.3, 0.4) is 0 Å². The Bertz CT molecular complexity index is 764. The Morgan fingerprint density at radius 2 is 2.08 bits per heavy atom. The summed E-state index contributed by atoms with van der Waals surface area (Å²) in [6.07, 6.45) is 7.12. The molecule has 26 heavy (non-hydrogen) atoms. The van der Waals surface area contributed by atoms with E-state index in [1.807, 2.05) is 22.8 Å². The number of piperidine rings is 1. The Labute approximate surface area is 156 Å². The quantitative estimate of drug-likeness (QED) is 0.800. The number of amides is 2. The van der Waals surface area contributed by atoms with Crippen molar-refractivity contribution in [2.75, 3.05) is 26.2 Å². The predicted molar refractivity (Wildman–Crippen MR) is 97.8 cm³/mol. The first kappa shape index (κ1) is 17.2. The number of thiazole rings is 1. The minimum Gasteiger partial charge on any atom is -0.341 e. The molecule has 0 atom stereocenters. The van der Waals surface area contributed by atoms with Gasteiger partial charge in [0.05, 0.1) is 24.3 Å². The lowest BCUT2D eigenvalue weighted by atomic mass is 9.95. The number of likely N-dealkylation sites (tertiary alicyclic amines) is 2. The third kappa shape index (κ3) is 3.65. The molecule has 2 aromatic rings. The lowest BCUT2D eigenvalue weighted by molar-refractivity contribution is -0.139. The average molecular weight is 373 g/mol. The van der Waals surface area contributed by atoms with Gasteiger partial charge in [-0.05, 0) is 19.3 Å². The Morgan fingerprint density at radius 1 is 1.23 bits per heavy atom. The molecule has 2 aromatic heterocycles. The summed E-state index contributed by atoms with van der Waals surface area (Å²) in [4.78, 5) is 36.7. The van der Waals surface area contributed by atoms with Crippen LogP contribution in [-0.2, 0) is 16.1 Å². The average Bonchev–Trinajstić information content (AvgIpc) is 3.40. The highest BCUT2D eigenvalue weighted by atomic mass is 32.1. The van der Waals surface area contributed by atoms with Gasteiger partial charge >= 0.3 is 0 Å². The molecule has 8 heteroatoms. The molecule has 0 N–H and O–H groups in total. The second kappa shape index (κ2) is 7.57. The number of hydrogen-bond donors (Lipinski definition) is 0. The van der Waals surface area contributed by atoms with E-state index in [9.17, 15) is 9.59 Å². The minimum atomic E-state index is 0.0736. The zero-order valence-corrected chi connectivity index (χ0v) is 15.5. The molecule has 2 fully saturated rings. The molecule has 0 saturated carbocycles. The Morgan fingerprint density at radius 3 is 2.77 bits per heavy atom. The lowest BCUT2D eigenvalue weighted by Crippen LogP contribution is -2.44. The van der Waals surface area contributed by atoms with Crippen molar-refractivity contribution in [2.24, 2.45) is 0 Å². The Kier molecular flexibility index (Phi) is 5.01. The molecule has 0 aromatic carbocycles. The van der Waals surface area contributed by atoms with E-state index in [1.54, 1.807) is 16.2 Å². The molecule has 2 amide bonds. The number of nitrogens with zero attached hydrogens (tertiary/aromatic N) is 5. The van der Waals surface area contributed by atoms with E-state index in [4.69, 9.17) is 0 Å². The van der Waals surface area contributed by atoms with Crippen molar-refractivity contribution in [3.05, 3.63) is 34.8 Å². The van der Waals surface area contributed by atoms with Crippen LogP contribution in [0.4, 0.5) is 0 Å². The summed E-state index contributed by atoms with van der Waals surface area (Å²) in [5, 5.41) is 2.06. The Hall–Kier alpha value is -2.22. The number of carbonyl (C=O) groups excluding carboxylic acids is 2. The van der Waals surface area contributed by atoms with Gasteiger partial charge in [0.2, 0.25) is 11.8 Å². The fourth-order valence-electron chi connectivity index (χ4n) is 3.83. The molecule has 2 saturated heterocycles. The summed E-state index contributed by atoms with van der Waals surface area (Å²) in [5.41, 5.74) is 2.90. The molecule has 7 nitrogen and oxygen atoms in total. The van der Waals surface area contributed by atoms with Gasteiger partial charge in [0.25, 0.3) is 0 Å². The largest absolute Gasteiger partial charge is 0.341 e. The van der Waals surface area contributed by atoms with E-state index in [-0.39, 0.29) is 18.4 Å². The highest BCUT2D eigenvalue weighted by Crippen LogP contribution is 2.27. The van der Waals surface area contributed by atoms with Crippen molar-refractivity contribution >= 4 is 23.2 Å². The van der Waals surface area contributed by atoms with Crippen LogP contribution in [0.5, 0.6) is 0 Å². The highest BCUT2D eigenvalue weighted by Gasteiger charge is 2.29. The van der Waals surface area contributed by atoms with Crippen LogP contribution >= 0.6 is 11.3 Å². The van der Waals surface area contributed by atoms with Crippen molar-refractivity contribution in [1.82, 2.24) is 24.3 Å². The van der Waals surface area contributed by atoms with Crippen LogP contribution in [0.15, 0.2) is 23.3 Å². The fraction of sp³-hybridized carbons (Fsp3) is 0.556. The van der Waals surface area contributed by atoms with Crippen molar-refractivity contribution in [3.8, 4) is 0 Å². The maximum absolute atomic E-state index is 12.5. The maximum Gasteiger partial charge on any atom is 0.242 e. The van der Waals surface area contributed by atoms with Gasteiger partial charge in [-0.2, -0.15) is 0 Å². The molecule has 4 heterocycles. The number of rotatable bonds is 5. The minimum absolute atomic E-state index is 0.0736. The zero-order valence-electron chi connectivity index (χ0n) is 14.7. The predicted octanol–water partition coefficient (Wildman–Crippen LogP) is 1.72. The van der Waals surface area contributed by atoms with Crippen LogP contribution in [0.25, 0.3) is 0 Å². The van der Waals surface area contributed by atoms with Crippen molar-refractivity contribution in [3.63, 3.8) is 0 Å². The lowest BCUT2D eigenvalue weighted by Gasteiger charge is -2.33. The van der Waals surface area contributed by atoms with Crippen LogP contribution in [0.2, 0.25) is 0 Å². The molecular weight excluding hydrogens is 350 g/mol. The van der Waals surface area contributed by atoms with E-state index < -0.39 is 0 Å². The van der Waals surface area contributed by atoms with Gasteiger partial charge < -0.3 is 14.4 Å². The van der Waals surface area contributed by atoms with Gasteiger partial charge in [-0.15, -0.1) is 11.3 Å². The van der Waals surface area contributed by atoms with Crippen LogP contribution in [-0.4, -0.2) is 62.3 Å². The summed E-state index contributed by atoms with van der Waals surface area (Å²) < 4.78 is 2.17. The fourth-order valence-corrected chi connectivity index (χ4v) is 4.38. The molecule has 138 valence electrons. The van der Waals surface area contributed by atoms with E-state index >= 15 is 0 Å². The molecule has 0 unspecified atom stereocenters. The van der Waals surface area contributed by atoms with Crippen molar-refractivity contribution < 1.29 is 9.59 Å². The topological polar surface area (TPSA) is 71.3 Å². The third-order valence-corrected chi connectivity index (χ3v) is 5.91. The first-order valence-electron chi connectivity index (χ1n) is 9.14. The van der Waals surface area contributed by atoms with E-state index in [2.05, 4.69) is 19.9 Å². The molecule has 0 aliphatic carbocycles. The highest BCUT2D eigenvalue weighted by molar-refractivity contribution is 7.07. The van der Waals surface area contributed by atoms with Gasteiger partial charge in [0, 0.05) is 49.7 Å². The molecular formula is C18H23N5O2S. The zero-order chi connectivity index (χ0) is 17.9. The number of hydrogen-bond acceptors (Lipinski definition) is 5. The van der Waals surface area contributed by atoms with Gasteiger partial charge in [0.1, 0.15) is 5.82 Å². The van der Waals surface area contributed by atoms with Crippen LogP contribution in [0, 0.1) is 0 Å². The third-order valence-electron chi connectivity index (χ3n) is 5.27. The van der Waals surface area contributed by atoms with Crippen LogP contribution < -0.4 is 0 Å². The molecule has 4 rings (SSSR count). The summed E-state index contributed by atoms with van der Waals surface area (Å²) in [6.45, 7) is 3.16. The van der Waals surface area contributed by atoms with E-state index in [0.29, 0.717) is 12.3 Å². The van der Waals surface area contributed by atoms with E-state index in [0.717, 1.165) is 57.0 Å². The number of aromatic nitrogens is 3. The SMILES string of the molecule is O=C(CN1CCCC1=O)N1CCC(c2nccn2Cc2cscn2)CC1. The number of carbonyl (C=O) groups is 2. The molecule has 0 bridgehead atoms. The maximum atomic E-state index is 12.5. The smallest absolute Gasteiger partial charge is 0.242 e. The standard InChI is InChI=1S/C18H23N5O2S/c24-16-2-1-6-22(16)11-17(25)21-7-3-14(4-8-21)18-19-5-9-23(18)10-15-12-26-13-20-15/h5,9,12-14H,1-4,6-8,10-11H2. The molecule has 2 aliphatic heterocycles. The second-order valence-corrected chi connectivity index (χ2v) is 7.69. The normalized spacial score (nSPS) is 18.7. The van der Waals surface area contributed by atoms with E-state index in [1.165, 1.54) is 0 Å². The van der Waals surface area contributed by atoms with Crippen molar-refractivity contribution in [1.29, 1.82) is 0 Å². The first-order valence-corrected chi connectivity index (χ1v) is 10.1. The van der Waals surface area contributed by atoms with Gasteiger partial charge in [0.15, 0.2) is 0 Å². The van der Waals surface area contributed by atoms with Crippen molar-refractivity contribution in [2.45, 2.75) is 38.1 Å². The molecule has 0 spiro atoms. The number of imidazole rings is 1.